The van der Waals surface area contributed by atoms with Gasteiger partial charge in [0.15, 0.2) is 11.6 Å². The summed E-state index contributed by atoms with van der Waals surface area (Å²) < 4.78 is 25.9. The molecule has 88 valence electrons. The number of phenolic OH excluding ortho intramolecular Hbond substituents is 1. The van der Waals surface area contributed by atoms with Gasteiger partial charge in [-0.1, -0.05) is 12.5 Å². The molecule has 1 aliphatic heterocycles. The molecule has 1 aliphatic rings. The maximum Gasteiger partial charge on any atom is 0.200 e. The van der Waals surface area contributed by atoms with Gasteiger partial charge in [-0.05, 0) is 37.4 Å². The van der Waals surface area contributed by atoms with Crippen molar-refractivity contribution >= 4 is 0 Å². The highest BCUT2D eigenvalue weighted by molar-refractivity contribution is 5.35. The molecule has 0 bridgehead atoms. The van der Waals surface area contributed by atoms with Gasteiger partial charge in [0.2, 0.25) is 5.82 Å². The topological polar surface area (TPSA) is 32.3 Å². The van der Waals surface area contributed by atoms with Gasteiger partial charge in [-0.2, -0.15) is 4.39 Å². The molecule has 1 aromatic carbocycles. The Hall–Kier alpha value is -1.16. The first-order chi connectivity index (χ1) is 7.68. The van der Waals surface area contributed by atoms with Crippen LogP contribution in [0.15, 0.2) is 12.1 Å². The van der Waals surface area contributed by atoms with Gasteiger partial charge in [-0.15, -0.1) is 0 Å². The van der Waals surface area contributed by atoms with Crippen molar-refractivity contribution in [1.82, 2.24) is 5.32 Å². The Bertz CT molecular complexity index is 376. The second kappa shape index (κ2) is 4.78. The molecule has 0 spiro atoms. The number of rotatable bonds is 2. The number of halogens is 2. The summed E-state index contributed by atoms with van der Waals surface area (Å²) in [5.74, 6) is -2.70. The fourth-order valence-corrected chi connectivity index (χ4v) is 2.11. The molecule has 1 atom stereocenters. The quantitative estimate of drug-likeness (QED) is 0.812. The minimum atomic E-state index is -1.15. The number of aromatic hydroxyl groups is 1. The molecule has 1 aromatic rings. The highest BCUT2D eigenvalue weighted by atomic mass is 19.2. The molecule has 0 amide bonds. The predicted molar refractivity (Wildman–Crippen MR) is 57.4 cm³/mol. The van der Waals surface area contributed by atoms with E-state index < -0.39 is 17.4 Å². The van der Waals surface area contributed by atoms with Crippen LogP contribution in [0, 0.1) is 11.6 Å². The summed E-state index contributed by atoms with van der Waals surface area (Å²) in [5, 5.41) is 12.8. The summed E-state index contributed by atoms with van der Waals surface area (Å²) in [6.45, 7) is 0.953. The van der Waals surface area contributed by atoms with E-state index in [0.29, 0.717) is 12.0 Å². The van der Waals surface area contributed by atoms with Crippen LogP contribution in [-0.2, 0) is 6.42 Å². The van der Waals surface area contributed by atoms with Gasteiger partial charge in [0, 0.05) is 6.04 Å². The lowest BCUT2D eigenvalue weighted by Crippen LogP contribution is -2.35. The van der Waals surface area contributed by atoms with Crippen molar-refractivity contribution in [2.24, 2.45) is 0 Å². The maximum absolute atomic E-state index is 13.1. The first kappa shape index (κ1) is 11.3. The van der Waals surface area contributed by atoms with Crippen LogP contribution in [0.4, 0.5) is 8.78 Å². The van der Waals surface area contributed by atoms with E-state index in [1.807, 2.05) is 0 Å². The summed E-state index contributed by atoms with van der Waals surface area (Å²) in [6, 6.07) is 2.77. The Morgan fingerprint density at radius 2 is 2.12 bits per heavy atom. The van der Waals surface area contributed by atoms with Crippen LogP contribution in [0.3, 0.4) is 0 Å². The minimum Gasteiger partial charge on any atom is -0.505 e. The second-order valence-corrected chi connectivity index (χ2v) is 4.22. The van der Waals surface area contributed by atoms with E-state index in [4.69, 9.17) is 0 Å². The Balaban J connectivity index is 2.11. The van der Waals surface area contributed by atoms with Crippen LogP contribution < -0.4 is 5.32 Å². The van der Waals surface area contributed by atoms with E-state index in [2.05, 4.69) is 5.32 Å². The first-order valence-electron chi connectivity index (χ1n) is 5.57. The van der Waals surface area contributed by atoms with Gasteiger partial charge in [0.1, 0.15) is 0 Å². The lowest BCUT2D eigenvalue weighted by Gasteiger charge is -2.23. The average Bonchev–Trinajstić information content (AvgIpc) is 2.31. The molecule has 2 rings (SSSR count). The van der Waals surface area contributed by atoms with Crippen LogP contribution in [-0.4, -0.2) is 17.7 Å². The van der Waals surface area contributed by atoms with Gasteiger partial charge in [0.05, 0.1) is 0 Å². The lowest BCUT2D eigenvalue weighted by atomic mass is 9.97. The van der Waals surface area contributed by atoms with Gasteiger partial charge < -0.3 is 10.4 Å². The summed E-state index contributed by atoms with van der Waals surface area (Å²) in [7, 11) is 0. The summed E-state index contributed by atoms with van der Waals surface area (Å²) >= 11 is 0. The SMILES string of the molecule is Oc1c(CC2CCCCN2)ccc(F)c1F. The molecule has 0 aromatic heterocycles. The largest absolute Gasteiger partial charge is 0.505 e. The van der Waals surface area contributed by atoms with Crippen molar-refractivity contribution in [1.29, 1.82) is 0 Å². The molecule has 0 saturated carbocycles. The van der Waals surface area contributed by atoms with Gasteiger partial charge in [0.25, 0.3) is 0 Å². The molecular weight excluding hydrogens is 212 g/mol. The molecular formula is C12H15F2NO. The first-order valence-corrected chi connectivity index (χ1v) is 5.57. The summed E-state index contributed by atoms with van der Waals surface area (Å²) in [5.41, 5.74) is 0.471. The third kappa shape index (κ3) is 2.32. The minimum absolute atomic E-state index is 0.254. The highest BCUT2D eigenvalue weighted by Gasteiger charge is 2.18. The maximum atomic E-state index is 13.1. The summed E-state index contributed by atoms with van der Waals surface area (Å²) in [6.07, 6.45) is 3.85. The number of hydrogen-bond donors (Lipinski definition) is 2. The Kier molecular flexibility index (Phi) is 3.39. The van der Waals surface area contributed by atoms with Crippen LogP contribution in [0.1, 0.15) is 24.8 Å². The molecule has 2 N–H and O–H groups in total. The molecule has 2 nitrogen and oxygen atoms in total. The molecule has 0 aliphatic carbocycles. The number of hydrogen-bond acceptors (Lipinski definition) is 2. The monoisotopic (exact) mass is 227 g/mol. The van der Waals surface area contributed by atoms with E-state index in [0.717, 1.165) is 31.9 Å². The second-order valence-electron chi connectivity index (χ2n) is 4.22. The zero-order valence-electron chi connectivity index (χ0n) is 8.97. The Morgan fingerprint density at radius 1 is 1.31 bits per heavy atom. The van der Waals surface area contributed by atoms with Crippen molar-refractivity contribution in [3.63, 3.8) is 0 Å². The fraction of sp³-hybridized carbons (Fsp3) is 0.500. The van der Waals surface area contributed by atoms with E-state index in [-0.39, 0.29) is 6.04 Å². The smallest absolute Gasteiger partial charge is 0.200 e. The standard InChI is InChI=1S/C12H15F2NO/c13-10-5-4-8(12(16)11(10)14)7-9-3-1-2-6-15-9/h4-5,9,15-16H,1-3,6-7H2. The van der Waals surface area contributed by atoms with E-state index >= 15 is 0 Å². The van der Waals surface area contributed by atoms with Crippen molar-refractivity contribution in [2.75, 3.05) is 6.54 Å². The number of benzene rings is 1. The fourth-order valence-electron chi connectivity index (χ4n) is 2.11. The Labute approximate surface area is 93.3 Å². The van der Waals surface area contributed by atoms with Gasteiger partial charge >= 0.3 is 0 Å². The van der Waals surface area contributed by atoms with Crippen molar-refractivity contribution in [3.05, 3.63) is 29.3 Å². The van der Waals surface area contributed by atoms with Crippen LogP contribution in [0.5, 0.6) is 5.75 Å². The van der Waals surface area contributed by atoms with Gasteiger partial charge in [-0.25, -0.2) is 4.39 Å². The average molecular weight is 227 g/mol. The van der Waals surface area contributed by atoms with Crippen molar-refractivity contribution in [3.8, 4) is 5.75 Å². The normalized spacial score (nSPS) is 21.0. The Morgan fingerprint density at radius 3 is 2.81 bits per heavy atom. The zero-order valence-corrected chi connectivity index (χ0v) is 8.97. The molecule has 16 heavy (non-hydrogen) atoms. The van der Waals surface area contributed by atoms with E-state index in [1.54, 1.807) is 0 Å². The molecule has 4 heteroatoms. The summed E-state index contributed by atoms with van der Waals surface area (Å²) in [4.78, 5) is 0. The van der Waals surface area contributed by atoms with Crippen LogP contribution in [0.25, 0.3) is 0 Å². The molecule has 1 saturated heterocycles. The van der Waals surface area contributed by atoms with Crippen LogP contribution in [0.2, 0.25) is 0 Å². The molecule has 1 fully saturated rings. The third-order valence-electron chi connectivity index (χ3n) is 3.03. The zero-order chi connectivity index (χ0) is 11.5. The van der Waals surface area contributed by atoms with E-state index in [9.17, 15) is 13.9 Å². The molecule has 1 unspecified atom stereocenters. The lowest BCUT2D eigenvalue weighted by molar-refractivity contribution is 0.377. The van der Waals surface area contributed by atoms with Crippen molar-refractivity contribution in [2.45, 2.75) is 31.7 Å². The van der Waals surface area contributed by atoms with Crippen molar-refractivity contribution < 1.29 is 13.9 Å². The number of phenols is 1. The number of nitrogens with one attached hydrogen (secondary N) is 1. The highest BCUT2D eigenvalue weighted by Crippen LogP contribution is 2.25. The van der Waals surface area contributed by atoms with Gasteiger partial charge in [-0.3, -0.25) is 0 Å². The molecule has 0 radical (unpaired) electrons. The predicted octanol–water partition coefficient (Wildman–Crippen LogP) is 2.36. The van der Waals surface area contributed by atoms with Crippen LogP contribution >= 0.6 is 0 Å². The number of piperidine rings is 1. The van der Waals surface area contributed by atoms with E-state index in [1.165, 1.54) is 6.07 Å². The molecule has 1 heterocycles. The third-order valence-corrected chi connectivity index (χ3v) is 3.03.